The van der Waals surface area contributed by atoms with Crippen molar-refractivity contribution in [1.82, 2.24) is 4.90 Å². The van der Waals surface area contributed by atoms with E-state index in [4.69, 9.17) is 4.74 Å². The molecule has 0 saturated heterocycles. The van der Waals surface area contributed by atoms with Crippen molar-refractivity contribution in [2.75, 3.05) is 25.0 Å². The molecule has 0 heterocycles. The van der Waals surface area contributed by atoms with Crippen LogP contribution in [0.1, 0.15) is 32.4 Å². The molecule has 142 valence electrons. The van der Waals surface area contributed by atoms with Crippen molar-refractivity contribution in [3.8, 4) is 0 Å². The first-order valence-corrected chi connectivity index (χ1v) is 8.94. The summed E-state index contributed by atoms with van der Waals surface area (Å²) in [5.74, 6) is 0.184. The van der Waals surface area contributed by atoms with E-state index in [0.717, 1.165) is 30.9 Å². The molecule has 1 N–H and O–H groups in total. The first kappa shape index (κ1) is 22.0. The third kappa shape index (κ3) is 6.70. The first-order valence-electron chi connectivity index (χ1n) is 8.94. The van der Waals surface area contributed by atoms with Crippen molar-refractivity contribution in [2.45, 2.75) is 26.9 Å². The molecule has 0 aliphatic carbocycles. The lowest BCUT2D eigenvalue weighted by Gasteiger charge is -2.29. The maximum Gasteiger partial charge on any atom is 0.412 e. The fraction of sp³-hybridized carbons (Fsp3) is 0.381. The molecule has 0 bridgehead atoms. The van der Waals surface area contributed by atoms with E-state index in [0.29, 0.717) is 0 Å². The van der Waals surface area contributed by atoms with Crippen LogP contribution in [0, 0.1) is 5.92 Å². The lowest BCUT2D eigenvalue weighted by atomic mass is 9.96. The summed E-state index contributed by atoms with van der Waals surface area (Å²) < 4.78 is 5.82. The number of anilines is 1. The van der Waals surface area contributed by atoms with Gasteiger partial charge in [-0.3, -0.25) is 5.32 Å². The largest absolute Gasteiger partial charge is 0.441 e. The Kier molecular flexibility index (Phi) is 9.78. The minimum Gasteiger partial charge on any atom is -0.441 e. The molecule has 0 spiro atoms. The predicted octanol–water partition coefficient (Wildman–Crippen LogP) is 5.38. The topological polar surface area (TPSA) is 41.6 Å². The Bertz CT molecular complexity index is 633. The third-order valence-corrected chi connectivity index (χ3v) is 4.34. The first-order chi connectivity index (χ1) is 12.1. The van der Waals surface area contributed by atoms with E-state index in [1.807, 2.05) is 60.7 Å². The number of amides is 1. The van der Waals surface area contributed by atoms with Gasteiger partial charge in [0.05, 0.1) is 0 Å². The number of halogens is 1. The van der Waals surface area contributed by atoms with E-state index < -0.39 is 6.09 Å². The average Bonchev–Trinajstić information content (AvgIpc) is 2.65. The molecule has 0 aromatic heterocycles. The summed E-state index contributed by atoms with van der Waals surface area (Å²) in [6.45, 7) is 9.28. The van der Waals surface area contributed by atoms with Crippen LogP contribution in [0.3, 0.4) is 0 Å². The van der Waals surface area contributed by atoms with E-state index in [9.17, 15) is 4.79 Å². The maximum absolute atomic E-state index is 12.4. The van der Waals surface area contributed by atoms with E-state index in [1.54, 1.807) is 0 Å². The molecule has 2 rings (SSSR count). The number of benzene rings is 2. The molecule has 4 nitrogen and oxygen atoms in total. The van der Waals surface area contributed by atoms with Crippen LogP contribution in [0.2, 0.25) is 0 Å². The molecule has 2 aromatic carbocycles. The smallest absolute Gasteiger partial charge is 0.412 e. The summed E-state index contributed by atoms with van der Waals surface area (Å²) in [5.41, 5.74) is 1.75. The van der Waals surface area contributed by atoms with Crippen LogP contribution < -0.4 is 5.32 Å². The van der Waals surface area contributed by atoms with Crippen molar-refractivity contribution in [3.05, 3.63) is 66.2 Å². The molecule has 2 unspecified atom stereocenters. The Morgan fingerprint density at radius 2 is 1.54 bits per heavy atom. The fourth-order valence-electron chi connectivity index (χ4n) is 2.92. The number of carbonyl (C=O) groups is 1. The number of rotatable bonds is 8. The maximum atomic E-state index is 12.4. The van der Waals surface area contributed by atoms with Crippen LogP contribution in [0.4, 0.5) is 10.5 Å². The molecule has 1 amide bonds. The highest BCUT2D eigenvalue weighted by atomic mass is 35.5. The molecule has 2 atom stereocenters. The molecular weight excluding hydrogens is 348 g/mol. The monoisotopic (exact) mass is 376 g/mol. The van der Waals surface area contributed by atoms with Crippen LogP contribution in [-0.4, -0.2) is 30.6 Å². The van der Waals surface area contributed by atoms with Crippen molar-refractivity contribution in [2.24, 2.45) is 5.92 Å². The van der Waals surface area contributed by atoms with E-state index in [2.05, 4.69) is 31.0 Å². The molecule has 2 aromatic rings. The Balaban J connectivity index is 0.00000338. The van der Waals surface area contributed by atoms with Crippen molar-refractivity contribution >= 4 is 24.2 Å². The highest BCUT2D eigenvalue weighted by Crippen LogP contribution is 2.27. The van der Waals surface area contributed by atoms with Crippen molar-refractivity contribution < 1.29 is 9.53 Å². The zero-order valence-corrected chi connectivity index (χ0v) is 16.5. The Labute approximate surface area is 163 Å². The minimum atomic E-state index is -0.425. The van der Waals surface area contributed by atoms with E-state index >= 15 is 0 Å². The minimum absolute atomic E-state index is 0. The summed E-state index contributed by atoms with van der Waals surface area (Å²) in [6.07, 6.45) is -0.711. The van der Waals surface area contributed by atoms with Gasteiger partial charge in [0, 0.05) is 18.2 Å². The van der Waals surface area contributed by atoms with Crippen molar-refractivity contribution in [3.63, 3.8) is 0 Å². The molecule has 5 heteroatoms. The molecule has 0 saturated carbocycles. The van der Waals surface area contributed by atoms with E-state index in [1.165, 1.54) is 0 Å². The van der Waals surface area contributed by atoms with Gasteiger partial charge in [-0.1, -0.05) is 69.3 Å². The summed E-state index contributed by atoms with van der Waals surface area (Å²) in [7, 11) is 0. The van der Waals surface area contributed by atoms with Gasteiger partial charge in [-0.05, 0) is 30.8 Å². The lowest BCUT2D eigenvalue weighted by Crippen LogP contribution is -2.32. The van der Waals surface area contributed by atoms with E-state index in [-0.39, 0.29) is 24.4 Å². The Hall–Kier alpha value is -2.04. The average molecular weight is 377 g/mol. The van der Waals surface area contributed by atoms with Crippen LogP contribution in [0.25, 0.3) is 0 Å². The van der Waals surface area contributed by atoms with Gasteiger partial charge in [0.25, 0.3) is 0 Å². The number of ether oxygens (including phenoxy) is 1. The normalized spacial score (nSPS) is 12.8. The zero-order valence-electron chi connectivity index (χ0n) is 15.7. The fourth-order valence-corrected chi connectivity index (χ4v) is 2.92. The zero-order chi connectivity index (χ0) is 18.1. The third-order valence-electron chi connectivity index (χ3n) is 4.34. The summed E-state index contributed by atoms with van der Waals surface area (Å²) in [5, 5.41) is 2.80. The molecular formula is C21H29ClN2O2. The number of carbonyl (C=O) groups excluding carboxylic acids is 1. The van der Waals surface area contributed by atoms with Crippen LogP contribution >= 0.6 is 12.4 Å². The van der Waals surface area contributed by atoms with Gasteiger partial charge in [-0.15, -0.1) is 12.4 Å². The highest BCUT2D eigenvalue weighted by molar-refractivity contribution is 5.85. The van der Waals surface area contributed by atoms with Crippen LogP contribution in [0.5, 0.6) is 0 Å². The second kappa shape index (κ2) is 11.6. The molecule has 0 aliphatic rings. The van der Waals surface area contributed by atoms with Gasteiger partial charge in [0.15, 0.2) is 0 Å². The molecule has 0 radical (unpaired) electrons. The number of hydrogen-bond acceptors (Lipinski definition) is 3. The number of nitrogens with zero attached hydrogens (tertiary/aromatic N) is 1. The Morgan fingerprint density at radius 3 is 2.08 bits per heavy atom. The number of hydrogen-bond donors (Lipinski definition) is 1. The summed E-state index contributed by atoms with van der Waals surface area (Å²) in [6, 6.07) is 19.3. The van der Waals surface area contributed by atoms with Gasteiger partial charge >= 0.3 is 6.09 Å². The Morgan fingerprint density at radius 1 is 1.00 bits per heavy atom. The van der Waals surface area contributed by atoms with Gasteiger partial charge in [-0.2, -0.15) is 0 Å². The highest BCUT2D eigenvalue weighted by Gasteiger charge is 2.25. The molecule has 0 fully saturated rings. The standard InChI is InChI=1S/C21H28N2O2.ClH/c1-4-23(5-2)16-17(3)20(18-12-8-6-9-13-18)25-21(24)22-19-14-10-7-11-15-19;/h6-15,17,20H,4-5,16H2,1-3H3,(H,22,24);1H. The second-order valence-corrected chi connectivity index (χ2v) is 6.19. The summed E-state index contributed by atoms with van der Waals surface area (Å²) in [4.78, 5) is 14.7. The number of para-hydroxylation sites is 1. The lowest BCUT2D eigenvalue weighted by molar-refractivity contribution is 0.0621. The van der Waals surface area contributed by atoms with Gasteiger partial charge in [0.1, 0.15) is 6.10 Å². The molecule has 0 aliphatic heterocycles. The SMILES string of the molecule is CCN(CC)CC(C)C(OC(=O)Nc1ccccc1)c1ccccc1.Cl. The van der Waals surface area contributed by atoms with Gasteiger partial charge < -0.3 is 9.64 Å². The summed E-state index contributed by atoms with van der Waals surface area (Å²) >= 11 is 0. The van der Waals surface area contributed by atoms with Crippen LogP contribution in [-0.2, 0) is 4.74 Å². The second-order valence-electron chi connectivity index (χ2n) is 6.19. The number of nitrogens with one attached hydrogen (secondary N) is 1. The molecule has 26 heavy (non-hydrogen) atoms. The van der Waals surface area contributed by atoms with Crippen molar-refractivity contribution in [1.29, 1.82) is 0 Å². The quantitative estimate of drug-likeness (QED) is 0.672. The van der Waals surface area contributed by atoms with Gasteiger partial charge in [0.2, 0.25) is 0 Å². The van der Waals surface area contributed by atoms with Crippen LogP contribution in [0.15, 0.2) is 60.7 Å². The predicted molar refractivity (Wildman–Crippen MR) is 110 cm³/mol. The van der Waals surface area contributed by atoms with Gasteiger partial charge in [-0.25, -0.2) is 4.79 Å².